The van der Waals surface area contributed by atoms with Crippen molar-refractivity contribution in [2.75, 3.05) is 0 Å². The molecule has 0 nitrogen and oxygen atoms in total. The maximum absolute atomic E-state index is 3.46. The summed E-state index contributed by atoms with van der Waals surface area (Å²) in [5.41, 5.74) is 0.429. The van der Waals surface area contributed by atoms with E-state index in [1.54, 1.807) is 0 Å². The third kappa shape index (κ3) is 8.22. The van der Waals surface area contributed by atoms with Crippen LogP contribution < -0.4 is 0 Å². The Hall–Kier alpha value is 0.220. The Morgan fingerprint density at radius 1 is 1.40 bits per heavy atom. The molecule has 0 N–H and O–H groups in total. The summed E-state index contributed by atoms with van der Waals surface area (Å²) < 4.78 is 0. The van der Waals surface area contributed by atoms with E-state index in [0.717, 1.165) is 6.42 Å². The van der Waals surface area contributed by atoms with Crippen molar-refractivity contribution in [3.05, 3.63) is 12.2 Å². The van der Waals surface area contributed by atoms with E-state index in [9.17, 15) is 0 Å². The molecule has 0 spiro atoms. The molecular weight excluding hydrogens is 188 g/mol. The van der Waals surface area contributed by atoms with Gasteiger partial charge in [-0.2, -0.15) is 0 Å². The van der Waals surface area contributed by atoms with Crippen LogP contribution in [0.2, 0.25) is 0 Å². The molecule has 0 heterocycles. The number of hydrogen-bond donors (Lipinski definition) is 0. The largest absolute Gasteiger partial charge is 0.0869 e. The minimum atomic E-state index is 0.429. The van der Waals surface area contributed by atoms with E-state index in [2.05, 4.69) is 55.8 Å². The molecule has 0 aromatic carbocycles. The number of rotatable bonds is 2. The zero-order valence-corrected chi connectivity index (χ0v) is 8.90. The monoisotopic (exact) mass is 204 g/mol. The Morgan fingerprint density at radius 2 is 1.90 bits per heavy atom. The molecule has 0 rings (SSSR count). The van der Waals surface area contributed by atoms with Crippen LogP contribution in [-0.2, 0) is 0 Å². The van der Waals surface area contributed by atoms with Crippen molar-refractivity contribution in [3.63, 3.8) is 0 Å². The van der Waals surface area contributed by atoms with Gasteiger partial charge in [0.1, 0.15) is 0 Å². The third-order valence-electron chi connectivity index (χ3n) is 1.13. The highest BCUT2D eigenvalue weighted by molar-refractivity contribution is 9.09. The van der Waals surface area contributed by atoms with Crippen molar-refractivity contribution < 1.29 is 0 Å². The van der Waals surface area contributed by atoms with Gasteiger partial charge in [0.15, 0.2) is 0 Å². The first-order chi connectivity index (χ1) is 4.42. The van der Waals surface area contributed by atoms with E-state index in [1.807, 2.05) is 0 Å². The average Bonchev–Trinajstić information content (AvgIpc) is 1.59. The predicted octanol–water partition coefficient (Wildman–Crippen LogP) is 3.76. The normalized spacial score (nSPS) is 16.1. The molecule has 1 unspecified atom stereocenters. The molecule has 0 saturated carbocycles. The molecular formula is C9H17Br. The lowest BCUT2D eigenvalue weighted by Gasteiger charge is -2.14. The van der Waals surface area contributed by atoms with Gasteiger partial charge in [0, 0.05) is 4.83 Å². The highest BCUT2D eigenvalue weighted by Crippen LogP contribution is 2.19. The summed E-state index contributed by atoms with van der Waals surface area (Å²) in [6.07, 6.45) is 5.58. The molecule has 0 aliphatic heterocycles. The molecule has 1 atom stereocenters. The number of halogens is 1. The van der Waals surface area contributed by atoms with Gasteiger partial charge in [-0.25, -0.2) is 0 Å². The maximum Gasteiger partial charge on any atom is 0.0297 e. The zero-order chi connectivity index (χ0) is 8.20. The second-order valence-electron chi connectivity index (χ2n) is 3.87. The summed E-state index contributed by atoms with van der Waals surface area (Å²) in [6, 6.07) is 0. The second-order valence-corrected chi connectivity index (χ2v) is 5.31. The lowest BCUT2D eigenvalue weighted by atomic mass is 9.92. The van der Waals surface area contributed by atoms with Gasteiger partial charge in [-0.1, -0.05) is 48.9 Å². The van der Waals surface area contributed by atoms with E-state index in [4.69, 9.17) is 0 Å². The first-order valence-corrected chi connectivity index (χ1v) is 4.64. The molecule has 0 aliphatic rings. The molecule has 0 aromatic heterocycles. The van der Waals surface area contributed by atoms with Gasteiger partial charge in [0.2, 0.25) is 0 Å². The van der Waals surface area contributed by atoms with Gasteiger partial charge in [-0.3, -0.25) is 0 Å². The van der Waals surface area contributed by atoms with Gasteiger partial charge < -0.3 is 0 Å². The van der Waals surface area contributed by atoms with Crippen molar-refractivity contribution in [1.29, 1.82) is 0 Å². The molecule has 0 radical (unpaired) electrons. The molecule has 0 bridgehead atoms. The molecule has 0 aliphatic carbocycles. The van der Waals surface area contributed by atoms with Crippen molar-refractivity contribution in [3.8, 4) is 0 Å². The Morgan fingerprint density at radius 3 is 2.20 bits per heavy atom. The molecule has 0 fully saturated rings. The van der Waals surface area contributed by atoms with Gasteiger partial charge in [-0.15, -0.1) is 0 Å². The summed E-state index contributed by atoms with van der Waals surface area (Å²) in [4.78, 5) is 0.509. The molecule has 0 saturated heterocycles. The van der Waals surface area contributed by atoms with Gasteiger partial charge in [0.05, 0.1) is 0 Å². The number of hydrogen-bond acceptors (Lipinski definition) is 0. The van der Waals surface area contributed by atoms with Gasteiger partial charge >= 0.3 is 0 Å². The van der Waals surface area contributed by atoms with Crippen LogP contribution in [-0.4, -0.2) is 4.83 Å². The minimum absolute atomic E-state index is 0.429. The van der Waals surface area contributed by atoms with Gasteiger partial charge in [0.25, 0.3) is 0 Å². The van der Waals surface area contributed by atoms with Crippen LogP contribution in [0.3, 0.4) is 0 Å². The van der Waals surface area contributed by atoms with Crippen LogP contribution in [0.5, 0.6) is 0 Å². The summed E-state index contributed by atoms with van der Waals surface area (Å²) >= 11 is 3.46. The molecule has 60 valence electrons. The lowest BCUT2D eigenvalue weighted by molar-refractivity contribution is 0.420. The Labute approximate surface area is 72.8 Å². The molecule has 10 heavy (non-hydrogen) atoms. The Balaban J connectivity index is 3.54. The second kappa shape index (κ2) is 4.17. The standard InChI is InChI=1S/C9H17Br/c1-8(10)6-5-7-9(2,3)4/h5-6,8H,7H2,1-4H3. The average molecular weight is 205 g/mol. The Bertz CT molecular complexity index is 106. The SMILES string of the molecule is CC(Br)C=CCC(C)(C)C. The van der Waals surface area contributed by atoms with Gasteiger partial charge in [-0.05, 0) is 18.8 Å². The van der Waals surface area contributed by atoms with Crippen LogP contribution in [0, 0.1) is 5.41 Å². The van der Waals surface area contributed by atoms with E-state index >= 15 is 0 Å². The third-order valence-corrected chi connectivity index (χ3v) is 1.44. The first-order valence-electron chi connectivity index (χ1n) is 3.72. The minimum Gasteiger partial charge on any atom is -0.0869 e. The fourth-order valence-electron chi connectivity index (χ4n) is 0.609. The first kappa shape index (κ1) is 10.2. The lowest BCUT2D eigenvalue weighted by Crippen LogP contribution is -2.02. The topological polar surface area (TPSA) is 0 Å². The molecule has 1 heteroatoms. The number of alkyl halides is 1. The fourth-order valence-corrected chi connectivity index (χ4v) is 0.825. The Kier molecular flexibility index (Phi) is 4.26. The van der Waals surface area contributed by atoms with Crippen molar-refractivity contribution in [2.45, 2.75) is 38.9 Å². The maximum atomic E-state index is 3.46. The van der Waals surface area contributed by atoms with Crippen molar-refractivity contribution in [1.82, 2.24) is 0 Å². The van der Waals surface area contributed by atoms with Crippen molar-refractivity contribution >= 4 is 15.9 Å². The smallest absolute Gasteiger partial charge is 0.0297 e. The molecule has 0 aromatic rings. The van der Waals surface area contributed by atoms with Crippen LogP contribution in [0.1, 0.15) is 34.1 Å². The van der Waals surface area contributed by atoms with E-state index in [0.29, 0.717) is 10.2 Å². The summed E-state index contributed by atoms with van der Waals surface area (Å²) in [6.45, 7) is 8.86. The summed E-state index contributed by atoms with van der Waals surface area (Å²) in [7, 11) is 0. The quantitative estimate of drug-likeness (QED) is 0.475. The number of allylic oxidation sites excluding steroid dienone is 2. The highest BCUT2D eigenvalue weighted by Gasteiger charge is 2.06. The molecule has 0 amide bonds. The van der Waals surface area contributed by atoms with Crippen molar-refractivity contribution in [2.24, 2.45) is 5.41 Å². The van der Waals surface area contributed by atoms with Crippen LogP contribution in [0.4, 0.5) is 0 Å². The van der Waals surface area contributed by atoms with E-state index in [1.165, 1.54) is 0 Å². The zero-order valence-electron chi connectivity index (χ0n) is 7.32. The van der Waals surface area contributed by atoms with Crippen LogP contribution >= 0.6 is 15.9 Å². The predicted molar refractivity (Wildman–Crippen MR) is 51.6 cm³/mol. The summed E-state index contributed by atoms with van der Waals surface area (Å²) in [5.74, 6) is 0. The van der Waals surface area contributed by atoms with Crippen LogP contribution in [0.15, 0.2) is 12.2 Å². The van der Waals surface area contributed by atoms with E-state index < -0.39 is 0 Å². The highest BCUT2D eigenvalue weighted by atomic mass is 79.9. The van der Waals surface area contributed by atoms with Crippen LogP contribution in [0.25, 0.3) is 0 Å². The summed E-state index contributed by atoms with van der Waals surface area (Å²) in [5, 5.41) is 0. The fraction of sp³-hybridized carbons (Fsp3) is 0.778. The van der Waals surface area contributed by atoms with E-state index in [-0.39, 0.29) is 0 Å².